The van der Waals surface area contributed by atoms with Crippen LogP contribution < -0.4 is 9.31 Å². The van der Waals surface area contributed by atoms with Crippen molar-refractivity contribution in [2.24, 2.45) is 5.10 Å². The fraction of sp³-hybridized carbons (Fsp3) is 0.0385. The maximum atomic E-state index is 13.7. The van der Waals surface area contributed by atoms with Gasteiger partial charge in [0.05, 0.1) is 33.3 Å². The number of halogens is 1. The van der Waals surface area contributed by atoms with Gasteiger partial charge in [0.15, 0.2) is 0 Å². The first-order valence-corrected chi connectivity index (χ1v) is 13.2. The smallest absolute Gasteiger partial charge is 0.280 e. The Morgan fingerprint density at radius 2 is 1.78 bits per heavy atom. The number of carbonyl (C=O) groups is 1. The van der Waals surface area contributed by atoms with Crippen molar-refractivity contribution in [2.45, 2.75) is 4.90 Å². The highest BCUT2D eigenvalue weighted by molar-refractivity contribution is 7.92. The van der Waals surface area contributed by atoms with E-state index < -0.39 is 21.7 Å². The predicted octanol–water partition coefficient (Wildman–Crippen LogP) is 5.53. The number of thiazole rings is 1. The molecule has 0 saturated carbocycles. The minimum absolute atomic E-state index is 0.0245. The molecule has 5 rings (SSSR count). The molecule has 37 heavy (non-hydrogen) atoms. The SMILES string of the molecule is CN(c1ccccc1)S(=O)(=O)c1ccc(C(=O)N(/N=C/c2ccco2)c2nc3ccc(F)cc3s2)cc1. The summed E-state index contributed by atoms with van der Waals surface area (Å²) in [7, 11) is -2.38. The van der Waals surface area contributed by atoms with E-state index in [-0.39, 0.29) is 15.6 Å². The fourth-order valence-electron chi connectivity index (χ4n) is 3.47. The molecule has 3 aromatic carbocycles. The third-order valence-electron chi connectivity index (χ3n) is 5.44. The van der Waals surface area contributed by atoms with Gasteiger partial charge in [-0.05, 0) is 66.7 Å². The number of nitrogens with zero attached hydrogens (tertiary/aromatic N) is 4. The lowest BCUT2D eigenvalue weighted by molar-refractivity contribution is 0.0987. The predicted molar refractivity (Wildman–Crippen MR) is 141 cm³/mol. The molecule has 0 aliphatic carbocycles. The lowest BCUT2D eigenvalue weighted by Gasteiger charge is -2.19. The van der Waals surface area contributed by atoms with Crippen LogP contribution in [0.4, 0.5) is 15.2 Å². The van der Waals surface area contributed by atoms with Crippen molar-refractivity contribution >= 4 is 54.5 Å². The molecule has 0 saturated heterocycles. The number of hydrogen-bond donors (Lipinski definition) is 0. The van der Waals surface area contributed by atoms with Crippen molar-refractivity contribution in [1.29, 1.82) is 0 Å². The topological polar surface area (TPSA) is 96.1 Å². The lowest BCUT2D eigenvalue weighted by Crippen LogP contribution is -2.27. The molecule has 2 aromatic heterocycles. The molecule has 0 unspecified atom stereocenters. The van der Waals surface area contributed by atoms with Gasteiger partial charge in [-0.15, -0.1) is 0 Å². The van der Waals surface area contributed by atoms with E-state index in [9.17, 15) is 17.6 Å². The van der Waals surface area contributed by atoms with E-state index >= 15 is 0 Å². The number of benzene rings is 3. The Morgan fingerprint density at radius 3 is 2.49 bits per heavy atom. The summed E-state index contributed by atoms with van der Waals surface area (Å²) in [5.74, 6) is -0.560. The third kappa shape index (κ3) is 4.99. The molecule has 8 nitrogen and oxygen atoms in total. The number of fused-ring (bicyclic) bond motifs is 1. The van der Waals surface area contributed by atoms with Gasteiger partial charge in [-0.1, -0.05) is 29.5 Å². The first-order valence-electron chi connectivity index (χ1n) is 10.9. The molecule has 1 amide bonds. The van der Waals surface area contributed by atoms with E-state index in [1.54, 1.807) is 42.5 Å². The highest BCUT2D eigenvalue weighted by atomic mass is 32.2. The minimum atomic E-state index is -3.85. The Bertz CT molecular complexity index is 1680. The van der Waals surface area contributed by atoms with E-state index in [1.165, 1.54) is 66.3 Å². The van der Waals surface area contributed by atoms with Gasteiger partial charge in [-0.2, -0.15) is 10.1 Å². The molecule has 0 fully saturated rings. The number of sulfonamides is 1. The molecule has 0 aliphatic heterocycles. The van der Waals surface area contributed by atoms with Crippen LogP contribution in [-0.4, -0.2) is 32.6 Å². The number of furan rings is 1. The van der Waals surface area contributed by atoms with Crippen LogP contribution in [-0.2, 0) is 10.0 Å². The van der Waals surface area contributed by atoms with Gasteiger partial charge < -0.3 is 4.42 Å². The maximum absolute atomic E-state index is 13.7. The van der Waals surface area contributed by atoms with Crippen LogP contribution in [0, 0.1) is 5.82 Å². The third-order valence-corrected chi connectivity index (χ3v) is 8.23. The van der Waals surface area contributed by atoms with E-state index in [4.69, 9.17) is 4.42 Å². The summed E-state index contributed by atoms with van der Waals surface area (Å²) in [5, 5.41) is 5.55. The van der Waals surface area contributed by atoms with E-state index in [2.05, 4.69) is 10.1 Å². The highest BCUT2D eigenvalue weighted by Gasteiger charge is 2.24. The second-order valence-electron chi connectivity index (χ2n) is 7.82. The summed E-state index contributed by atoms with van der Waals surface area (Å²) >= 11 is 1.10. The van der Waals surface area contributed by atoms with Crippen molar-refractivity contribution in [1.82, 2.24) is 4.98 Å². The molecule has 0 spiro atoms. The van der Waals surface area contributed by atoms with Crippen molar-refractivity contribution < 1.29 is 22.0 Å². The minimum Gasteiger partial charge on any atom is -0.463 e. The summed E-state index contributed by atoms with van der Waals surface area (Å²) in [5.41, 5.74) is 1.20. The first-order chi connectivity index (χ1) is 17.8. The number of carbonyl (C=O) groups excluding carboxylic acids is 1. The summed E-state index contributed by atoms with van der Waals surface area (Å²) in [6, 6.07) is 21.7. The second-order valence-corrected chi connectivity index (χ2v) is 10.8. The Balaban J connectivity index is 1.47. The van der Waals surface area contributed by atoms with Gasteiger partial charge in [0.25, 0.3) is 15.9 Å². The molecule has 0 N–H and O–H groups in total. The molecule has 0 atom stereocenters. The van der Waals surface area contributed by atoms with Crippen LogP contribution in [0.3, 0.4) is 0 Å². The number of hydrogen-bond acceptors (Lipinski definition) is 7. The Kier molecular flexibility index (Phi) is 6.55. The van der Waals surface area contributed by atoms with Crippen LogP contribution >= 0.6 is 11.3 Å². The number of rotatable bonds is 7. The van der Waals surface area contributed by atoms with E-state index in [0.717, 1.165) is 16.3 Å². The van der Waals surface area contributed by atoms with Crippen LogP contribution in [0.15, 0.2) is 106 Å². The van der Waals surface area contributed by atoms with Gasteiger partial charge in [0.1, 0.15) is 11.6 Å². The summed E-state index contributed by atoms with van der Waals surface area (Å²) in [6.07, 6.45) is 2.83. The average molecular weight is 535 g/mol. The molecular formula is C26H19FN4O4S2. The largest absolute Gasteiger partial charge is 0.463 e. The van der Waals surface area contributed by atoms with Crippen LogP contribution in [0.25, 0.3) is 10.2 Å². The molecule has 0 aliphatic rings. The van der Waals surface area contributed by atoms with Gasteiger partial charge in [-0.3, -0.25) is 9.10 Å². The maximum Gasteiger partial charge on any atom is 0.280 e. The molecule has 0 bridgehead atoms. The summed E-state index contributed by atoms with van der Waals surface area (Å²) < 4.78 is 46.9. The molecule has 11 heteroatoms. The standard InChI is InChI=1S/C26H19FN4O4S2/c1-30(20-6-3-2-4-7-20)37(33,34)22-12-9-18(10-13-22)25(32)31(28-17-21-8-5-15-35-21)26-29-23-14-11-19(27)16-24(23)36-26/h2-17H,1H3/b28-17+. The zero-order chi connectivity index (χ0) is 26.0. The zero-order valence-corrected chi connectivity index (χ0v) is 21.0. The van der Waals surface area contributed by atoms with Gasteiger partial charge >= 0.3 is 0 Å². The van der Waals surface area contributed by atoms with E-state index in [0.29, 0.717) is 21.7 Å². The molecule has 0 radical (unpaired) electrons. The number of hydrazone groups is 1. The normalized spacial score (nSPS) is 11.7. The van der Waals surface area contributed by atoms with Crippen LogP contribution in [0.2, 0.25) is 0 Å². The van der Waals surface area contributed by atoms with E-state index in [1.807, 2.05) is 0 Å². The molecule has 5 aromatic rings. The number of amides is 1. The van der Waals surface area contributed by atoms with Gasteiger partial charge in [0, 0.05) is 12.6 Å². The number of para-hydroxylation sites is 1. The van der Waals surface area contributed by atoms with Crippen molar-refractivity contribution in [3.8, 4) is 0 Å². The average Bonchev–Trinajstić information content (AvgIpc) is 3.58. The zero-order valence-electron chi connectivity index (χ0n) is 19.4. The Hall–Kier alpha value is -4.35. The fourth-order valence-corrected chi connectivity index (χ4v) is 5.61. The Labute approximate surface area is 216 Å². The van der Waals surface area contributed by atoms with Gasteiger partial charge in [0.2, 0.25) is 5.13 Å². The van der Waals surface area contributed by atoms with Crippen molar-refractivity contribution in [3.05, 3.63) is 108 Å². The number of aromatic nitrogens is 1. The van der Waals surface area contributed by atoms with Crippen molar-refractivity contribution in [3.63, 3.8) is 0 Å². The summed E-state index contributed by atoms with van der Waals surface area (Å²) in [6.45, 7) is 0. The highest BCUT2D eigenvalue weighted by Crippen LogP contribution is 2.31. The van der Waals surface area contributed by atoms with Crippen LogP contribution in [0.1, 0.15) is 16.1 Å². The number of anilines is 2. The Morgan fingerprint density at radius 1 is 1.03 bits per heavy atom. The lowest BCUT2D eigenvalue weighted by atomic mass is 10.2. The molecular weight excluding hydrogens is 515 g/mol. The monoisotopic (exact) mass is 534 g/mol. The molecule has 186 valence electrons. The van der Waals surface area contributed by atoms with Crippen molar-refractivity contribution in [2.75, 3.05) is 16.4 Å². The first kappa shape index (κ1) is 24.3. The second kappa shape index (κ2) is 9.96. The quantitative estimate of drug-likeness (QED) is 0.202. The van der Waals surface area contributed by atoms with Crippen LogP contribution in [0.5, 0.6) is 0 Å². The summed E-state index contributed by atoms with van der Waals surface area (Å²) in [4.78, 5) is 17.9. The van der Waals surface area contributed by atoms with Gasteiger partial charge in [-0.25, -0.2) is 17.8 Å². The molecule has 2 heterocycles.